The molecule has 24 heavy (non-hydrogen) atoms. The van der Waals surface area contributed by atoms with Crippen LogP contribution in [0.25, 0.3) is 0 Å². The third-order valence-electron chi connectivity index (χ3n) is 3.23. The van der Waals surface area contributed by atoms with Gasteiger partial charge < -0.3 is 14.8 Å². The number of carbonyl (C=O) groups excluding carboxylic acids is 1. The fourth-order valence-electron chi connectivity index (χ4n) is 2.03. The highest BCUT2D eigenvalue weighted by atomic mass is 19.4. The van der Waals surface area contributed by atoms with Gasteiger partial charge in [0.25, 0.3) is 5.91 Å². The minimum absolute atomic E-state index is 0.314. The number of alkyl halides is 3. The number of anilines is 1. The Balaban J connectivity index is 2.13. The third-order valence-corrected chi connectivity index (χ3v) is 3.23. The molecule has 0 saturated heterocycles. The first-order valence-corrected chi connectivity index (χ1v) is 7.09. The number of hydrogen-bond acceptors (Lipinski definition) is 3. The van der Waals surface area contributed by atoms with Crippen LogP contribution in [0.3, 0.4) is 0 Å². The number of hydrogen-bond donors (Lipinski definition) is 1. The number of rotatable bonds is 5. The van der Waals surface area contributed by atoms with Gasteiger partial charge in [-0.15, -0.1) is 0 Å². The topological polar surface area (TPSA) is 47.6 Å². The van der Waals surface area contributed by atoms with Crippen LogP contribution in [0.4, 0.5) is 18.9 Å². The molecule has 0 radical (unpaired) electrons. The zero-order valence-electron chi connectivity index (χ0n) is 13.1. The first-order valence-electron chi connectivity index (χ1n) is 7.09. The van der Waals surface area contributed by atoms with Crippen molar-refractivity contribution in [3.05, 3.63) is 54.1 Å². The molecule has 128 valence electrons. The summed E-state index contributed by atoms with van der Waals surface area (Å²) in [6.45, 7) is 1.44. The summed E-state index contributed by atoms with van der Waals surface area (Å²) in [5, 5.41) is 2.25. The molecule has 1 atom stereocenters. The summed E-state index contributed by atoms with van der Waals surface area (Å²) in [5.41, 5.74) is -1.23. The Morgan fingerprint density at radius 3 is 2.25 bits per heavy atom. The van der Waals surface area contributed by atoms with E-state index in [-0.39, 0.29) is 5.69 Å². The first kappa shape index (κ1) is 17.7. The van der Waals surface area contributed by atoms with Gasteiger partial charge in [0, 0.05) is 0 Å². The van der Waals surface area contributed by atoms with Gasteiger partial charge in [0.05, 0.1) is 18.4 Å². The fourth-order valence-corrected chi connectivity index (χ4v) is 2.03. The molecule has 0 saturated carbocycles. The summed E-state index contributed by atoms with van der Waals surface area (Å²) >= 11 is 0. The molecule has 0 spiro atoms. The normalized spacial score (nSPS) is 12.4. The van der Waals surface area contributed by atoms with Crippen LogP contribution in [-0.4, -0.2) is 19.1 Å². The molecule has 0 fully saturated rings. The number of nitrogens with one attached hydrogen (secondary N) is 1. The van der Waals surface area contributed by atoms with E-state index >= 15 is 0 Å². The molecule has 0 aliphatic heterocycles. The van der Waals surface area contributed by atoms with E-state index in [1.165, 1.54) is 32.2 Å². The zero-order chi connectivity index (χ0) is 17.7. The second-order valence-corrected chi connectivity index (χ2v) is 4.94. The van der Waals surface area contributed by atoms with E-state index in [9.17, 15) is 18.0 Å². The number of ether oxygens (including phenoxy) is 2. The monoisotopic (exact) mass is 339 g/mol. The van der Waals surface area contributed by atoms with Crippen molar-refractivity contribution < 1.29 is 27.4 Å². The lowest BCUT2D eigenvalue weighted by atomic mass is 10.1. The Bertz CT molecular complexity index is 716. The van der Waals surface area contributed by atoms with Gasteiger partial charge in [0.2, 0.25) is 0 Å². The summed E-state index contributed by atoms with van der Waals surface area (Å²) < 4.78 is 49.4. The largest absolute Gasteiger partial charge is 0.493 e. The molecular weight excluding hydrogens is 323 g/mol. The smallest absolute Gasteiger partial charge is 0.418 e. The molecule has 0 heterocycles. The van der Waals surface area contributed by atoms with E-state index < -0.39 is 23.8 Å². The number of carbonyl (C=O) groups is 1. The standard InChI is InChI=1S/C17H16F3NO3/c1-11(24-15-10-6-5-9-14(15)23-2)16(22)21-13-8-4-3-7-12(13)17(18,19)20/h3-11H,1-2H3,(H,21,22)/t11-/m0/s1. The van der Waals surface area contributed by atoms with Crippen LogP contribution in [0.2, 0.25) is 0 Å². The molecule has 0 bridgehead atoms. The van der Waals surface area contributed by atoms with Crippen LogP contribution in [0.1, 0.15) is 12.5 Å². The summed E-state index contributed by atoms with van der Waals surface area (Å²) in [4.78, 5) is 12.2. The minimum atomic E-state index is -4.56. The van der Waals surface area contributed by atoms with Gasteiger partial charge in [-0.2, -0.15) is 13.2 Å². The predicted octanol–water partition coefficient (Wildman–Crippen LogP) is 4.12. The van der Waals surface area contributed by atoms with E-state index in [0.29, 0.717) is 11.5 Å². The molecule has 0 aliphatic carbocycles. The molecular formula is C17H16F3NO3. The van der Waals surface area contributed by atoms with Crippen LogP contribution in [0, 0.1) is 0 Å². The maximum atomic E-state index is 12.9. The van der Waals surface area contributed by atoms with Crippen LogP contribution in [0.5, 0.6) is 11.5 Å². The number of amides is 1. The van der Waals surface area contributed by atoms with Crippen LogP contribution in [0.15, 0.2) is 48.5 Å². The van der Waals surface area contributed by atoms with Gasteiger partial charge >= 0.3 is 6.18 Å². The van der Waals surface area contributed by atoms with Crippen molar-refractivity contribution in [3.8, 4) is 11.5 Å². The van der Waals surface area contributed by atoms with Gasteiger partial charge in [-0.05, 0) is 31.2 Å². The Morgan fingerprint density at radius 2 is 1.62 bits per heavy atom. The van der Waals surface area contributed by atoms with Crippen molar-refractivity contribution in [2.75, 3.05) is 12.4 Å². The molecule has 1 amide bonds. The Kier molecular flexibility index (Phi) is 5.33. The predicted molar refractivity (Wildman–Crippen MR) is 83.2 cm³/mol. The minimum Gasteiger partial charge on any atom is -0.493 e. The van der Waals surface area contributed by atoms with Crippen molar-refractivity contribution in [1.82, 2.24) is 0 Å². The molecule has 0 aliphatic rings. The number of methoxy groups -OCH3 is 1. The molecule has 2 rings (SSSR count). The molecule has 1 N–H and O–H groups in total. The molecule has 2 aromatic rings. The average molecular weight is 339 g/mol. The van der Waals surface area contributed by atoms with E-state index in [4.69, 9.17) is 9.47 Å². The molecule has 2 aromatic carbocycles. The van der Waals surface area contributed by atoms with Crippen molar-refractivity contribution in [1.29, 1.82) is 0 Å². The zero-order valence-corrected chi connectivity index (χ0v) is 13.1. The second-order valence-electron chi connectivity index (χ2n) is 4.94. The highest BCUT2D eigenvalue weighted by molar-refractivity contribution is 5.94. The SMILES string of the molecule is COc1ccccc1O[C@@H](C)C(=O)Nc1ccccc1C(F)(F)F. The summed E-state index contributed by atoms with van der Waals surface area (Å²) in [6, 6.07) is 11.4. The van der Waals surface area contributed by atoms with E-state index in [2.05, 4.69) is 5.32 Å². The van der Waals surface area contributed by atoms with Gasteiger partial charge in [-0.25, -0.2) is 0 Å². The quantitative estimate of drug-likeness (QED) is 0.891. The van der Waals surface area contributed by atoms with Crippen LogP contribution in [-0.2, 0) is 11.0 Å². The summed E-state index contributed by atoms with van der Waals surface area (Å²) in [5.74, 6) is 0.0530. The maximum Gasteiger partial charge on any atom is 0.418 e. The molecule has 7 heteroatoms. The van der Waals surface area contributed by atoms with E-state index in [1.807, 2.05) is 0 Å². The van der Waals surface area contributed by atoms with Crippen molar-refractivity contribution in [2.45, 2.75) is 19.2 Å². The lowest BCUT2D eigenvalue weighted by Gasteiger charge is -2.18. The third kappa shape index (κ3) is 4.18. The van der Waals surface area contributed by atoms with Crippen molar-refractivity contribution >= 4 is 11.6 Å². The number of benzene rings is 2. The maximum absolute atomic E-state index is 12.9. The molecule has 4 nitrogen and oxygen atoms in total. The van der Waals surface area contributed by atoms with E-state index in [0.717, 1.165) is 6.07 Å². The van der Waals surface area contributed by atoms with Gasteiger partial charge in [0.15, 0.2) is 17.6 Å². The Labute approximate surface area is 137 Å². The van der Waals surface area contributed by atoms with Gasteiger partial charge in [-0.1, -0.05) is 24.3 Å². The van der Waals surface area contributed by atoms with Crippen LogP contribution < -0.4 is 14.8 Å². The lowest BCUT2D eigenvalue weighted by Crippen LogP contribution is -2.31. The van der Waals surface area contributed by atoms with E-state index in [1.54, 1.807) is 24.3 Å². The Morgan fingerprint density at radius 1 is 1.04 bits per heavy atom. The second kappa shape index (κ2) is 7.25. The lowest BCUT2D eigenvalue weighted by molar-refractivity contribution is -0.137. The number of halogens is 3. The summed E-state index contributed by atoms with van der Waals surface area (Å²) in [7, 11) is 1.45. The molecule has 0 aromatic heterocycles. The highest BCUT2D eigenvalue weighted by Crippen LogP contribution is 2.34. The first-order chi connectivity index (χ1) is 11.3. The highest BCUT2D eigenvalue weighted by Gasteiger charge is 2.34. The summed E-state index contributed by atoms with van der Waals surface area (Å²) in [6.07, 6.45) is -5.57. The van der Waals surface area contributed by atoms with Crippen molar-refractivity contribution in [2.24, 2.45) is 0 Å². The molecule has 0 unspecified atom stereocenters. The average Bonchev–Trinajstić information content (AvgIpc) is 2.54. The van der Waals surface area contributed by atoms with Gasteiger partial charge in [0.1, 0.15) is 0 Å². The number of para-hydroxylation sites is 3. The van der Waals surface area contributed by atoms with Gasteiger partial charge in [-0.3, -0.25) is 4.79 Å². The van der Waals surface area contributed by atoms with Crippen molar-refractivity contribution in [3.63, 3.8) is 0 Å². The fraction of sp³-hybridized carbons (Fsp3) is 0.235. The Hall–Kier alpha value is -2.70. The van der Waals surface area contributed by atoms with Crippen LogP contribution >= 0.6 is 0 Å².